The minimum Gasteiger partial charge on any atom is -0.505 e. The van der Waals surface area contributed by atoms with Crippen LogP contribution in [0.1, 0.15) is 29.4 Å². The normalized spacial score (nSPS) is 10.6. The van der Waals surface area contributed by atoms with E-state index in [1.807, 2.05) is 0 Å². The number of halogens is 3. The van der Waals surface area contributed by atoms with Crippen molar-refractivity contribution in [1.29, 1.82) is 0 Å². The molecule has 0 atom stereocenters. The lowest BCUT2D eigenvalue weighted by Crippen LogP contribution is -2.09. The fraction of sp³-hybridized carbons (Fsp3) is 0.333. The van der Waals surface area contributed by atoms with E-state index in [4.69, 9.17) is 0 Å². The van der Waals surface area contributed by atoms with E-state index in [9.17, 15) is 18.7 Å². The first-order chi connectivity index (χ1) is 7.49. The number of aromatic hydroxyl groups is 1. The summed E-state index contributed by atoms with van der Waals surface area (Å²) in [5.74, 6) is -1.66. The third-order valence-corrected chi connectivity index (χ3v) is 2.54. The third kappa shape index (κ3) is 2.57. The first kappa shape index (κ1) is 13.1. The van der Waals surface area contributed by atoms with Crippen molar-refractivity contribution in [2.45, 2.75) is 13.3 Å². The second-order valence-electron chi connectivity index (χ2n) is 2.74. The molecule has 1 aromatic rings. The second-order valence-corrected chi connectivity index (χ2v) is 3.90. The fourth-order valence-electron chi connectivity index (χ4n) is 1.05. The molecule has 0 spiro atoms. The van der Waals surface area contributed by atoms with Gasteiger partial charge in [0.05, 0.1) is 6.61 Å². The lowest BCUT2D eigenvalue weighted by Gasteiger charge is -2.09. The largest absolute Gasteiger partial charge is 0.505 e. The maximum absolute atomic E-state index is 12.4. The summed E-state index contributed by atoms with van der Waals surface area (Å²) in [6, 6.07) is 0. The van der Waals surface area contributed by atoms with Crippen molar-refractivity contribution in [3.8, 4) is 5.75 Å². The predicted octanol–water partition coefficient (Wildman–Crippen LogP) is 2.51. The van der Waals surface area contributed by atoms with E-state index in [1.54, 1.807) is 29.5 Å². The van der Waals surface area contributed by atoms with E-state index in [2.05, 4.69) is 9.72 Å². The Balaban J connectivity index is 3.26. The summed E-state index contributed by atoms with van der Waals surface area (Å²) in [4.78, 5) is 14.8. The van der Waals surface area contributed by atoms with Gasteiger partial charge in [0.2, 0.25) is 0 Å². The van der Waals surface area contributed by atoms with Gasteiger partial charge in [0, 0.05) is 9.77 Å². The van der Waals surface area contributed by atoms with E-state index < -0.39 is 23.8 Å². The van der Waals surface area contributed by atoms with E-state index in [1.165, 1.54) is 0 Å². The van der Waals surface area contributed by atoms with Gasteiger partial charge in [-0.15, -0.1) is 0 Å². The number of rotatable bonds is 3. The highest BCUT2D eigenvalue weighted by atomic mass is 127. The first-order valence-electron chi connectivity index (χ1n) is 4.31. The van der Waals surface area contributed by atoms with Crippen molar-refractivity contribution in [3.63, 3.8) is 0 Å². The van der Waals surface area contributed by atoms with Gasteiger partial charge in [0.1, 0.15) is 11.3 Å². The minimum absolute atomic E-state index is 0.0979. The zero-order valence-corrected chi connectivity index (χ0v) is 10.4. The van der Waals surface area contributed by atoms with Crippen LogP contribution in [0.15, 0.2) is 6.20 Å². The number of aromatic nitrogens is 1. The second kappa shape index (κ2) is 5.37. The van der Waals surface area contributed by atoms with E-state index in [0.29, 0.717) is 0 Å². The van der Waals surface area contributed by atoms with Crippen molar-refractivity contribution >= 4 is 28.6 Å². The summed E-state index contributed by atoms with van der Waals surface area (Å²) in [6.07, 6.45) is -1.85. The summed E-state index contributed by atoms with van der Waals surface area (Å²) in [7, 11) is 0. The van der Waals surface area contributed by atoms with Crippen LogP contribution >= 0.6 is 22.6 Å². The van der Waals surface area contributed by atoms with Crippen molar-refractivity contribution in [2.75, 3.05) is 6.61 Å². The number of carbonyl (C=O) groups excluding carboxylic acids is 1. The SMILES string of the molecule is CCOC(=O)c1c(I)cnc(C(F)F)c1O. The molecular weight excluding hydrogens is 335 g/mol. The third-order valence-electron chi connectivity index (χ3n) is 1.72. The Bertz CT molecular complexity index is 412. The van der Waals surface area contributed by atoms with Gasteiger partial charge in [-0.25, -0.2) is 13.6 Å². The number of carbonyl (C=O) groups is 1. The van der Waals surface area contributed by atoms with Crippen LogP contribution in [0.4, 0.5) is 8.78 Å². The molecule has 16 heavy (non-hydrogen) atoms. The Hall–Kier alpha value is -0.990. The van der Waals surface area contributed by atoms with E-state index in [0.717, 1.165) is 6.20 Å². The molecule has 1 rings (SSSR count). The van der Waals surface area contributed by atoms with Gasteiger partial charge in [0.25, 0.3) is 6.43 Å². The summed E-state index contributed by atoms with van der Waals surface area (Å²) in [5, 5.41) is 9.49. The molecule has 0 aromatic carbocycles. The van der Waals surface area contributed by atoms with Gasteiger partial charge in [-0.05, 0) is 29.5 Å². The molecule has 0 saturated heterocycles. The number of ether oxygens (including phenoxy) is 1. The van der Waals surface area contributed by atoms with Crippen molar-refractivity contribution < 1.29 is 23.4 Å². The summed E-state index contributed by atoms with van der Waals surface area (Å²) >= 11 is 1.71. The molecule has 1 N–H and O–H groups in total. The molecule has 88 valence electrons. The number of pyridine rings is 1. The molecule has 1 aromatic heterocycles. The van der Waals surface area contributed by atoms with Crippen LogP contribution in [0.2, 0.25) is 0 Å². The number of nitrogens with zero attached hydrogens (tertiary/aromatic N) is 1. The van der Waals surface area contributed by atoms with Crippen molar-refractivity contribution in [2.24, 2.45) is 0 Å². The summed E-state index contributed by atoms with van der Waals surface area (Å²) < 4.78 is 29.7. The van der Waals surface area contributed by atoms with Crippen LogP contribution in [0.5, 0.6) is 5.75 Å². The molecule has 0 bridgehead atoms. The molecule has 0 amide bonds. The van der Waals surface area contributed by atoms with Gasteiger partial charge in [0.15, 0.2) is 5.75 Å². The molecule has 7 heteroatoms. The molecule has 0 aliphatic rings. The Morgan fingerprint density at radius 3 is 2.81 bits per heavy atom. The molecule has 0 saturated carbocycles. The van der Waals surface area contributed by atoms with Gasteiger partial charge in [-0.3, -0.25) is 4.98 Å². The highest BCUT2D eigenvalue weighted by Crippen LogP contribution is 2.32. The topological polar surface area (TPSA) is 59.4 Å². The molecule has 1 heterocycles. The Morgan fingerprint density at radius 1 is 1.69 bits per heavy atom. The average molecular weight is 343 g/mol. The maximum Gasteiger partial charge on any atom is 0.343 e. The standard InChI is InChI=1S/C9H8F2INO3/c1-2-16-9(15)5-4(12)3-13-6(7(5)14)8(10)11/h3,8,14H,2H2,1H3. The van der Waals surface area contributed by atoms with Crippen LogP contribution < -0.4 is 0 Å². The van der Waals surface area contributed by atoms with Gasteiger partial charge >= 0.3 is 5.97 Å². The number of esters is 1. The van der Waals surface area contributed by atoms with Gasteiger partial charge in [-0.1, -0.05) is 0 Å². The molecule has 0 unspecified atom stereocenters. The highest BCUT2D eigenvalue weighted by molar-refractivity contribution is 14.1. The highest BCUT2D eigenvalue weighted by Gasteiger charge is 2.24. The predicted molar refractivity (Wildman–Crippen MR) is 59.5 cm³/mol. The molecule has 0 aliphatic carbocycles. The smallest absolute Gasteiger partial charge is 0.343 e. The Labute approximate surface area is 104 Å². The Morgan fingerprint density at radius 2 is 2.31 bits per heavy atom. The first-order valence-corrected chi connectivity index (χ1v) is 5.39. The zero-order chi connectivity index (χ0) is 12.3. The zero-order valence-electron chi connectivity index (χ0n) is 8.21. The lowest BCUT2D eigenvalue weighted by atomic mass is 10.2. The maximum atomic E-state index is 12.4. The van der Waals surface area contributed by atoms with Crippen LogP contribution in [-0.2, 0) is 4.74 Å². The number of alkyl halides is 2. The monoisotopic (exact) mass is 343 g/mol. The van der Waals surface area contributed by atoms with Crippen molar-refractivity contribution in [1.82, 2.24) is 4.98 Å². The molecular formula is C9H8F2INO3. The molecule has 4 nitrogen and oxygen atoms in total. The van der Waals surface area contributed by atoms with Gasteiger partial charge < -0.3 is 9.84 Å². The average Bonchev–Trinajstić information content (AvgIpc) is 2.17. The van der Waals surface area contributed by atoms with E-state index >= 15 is 0 Å². The van der Waals surface area contributed by atoms with Crippen LogP contribution in [0, 0.1) is 3.57 Å². The fourth-order valence-corrected chi connectivity index (χ4v) is 1.67. The number of hydrogen-bond acceptors (Lipinski definition) is 4. The summed E-state index contributed by atoms with van der Waals surface area (Å²) in [6.45, 7) is 1.68. The summed E-state index contributed by atoms with van der Waals surface area (Å²) in [5.41, 5.74) is -1.09. The minimum atomic E-state index is -2.94. The molecule has 0 radical (unpaired) electrons. The van der Waals surface area contributed by atoms with Crippen LogP contribution in [0.25, 0.3) is 0 Å². The molecule has 0 fully saturated rings. The quantitative estimate of drug-likeness (QED) is 0.677. The molecule has 0 aliphatic heterocycles. The van der Waals surface area contributed by atoms with Crippen molar-refractivity contribution in [3.05, 3.63) is 21.0 Å². The van der Waals surface area contributed by atoms with Crippen LogP contribution in [-0.4, -0.2) is 22.7 Å². The van der Waals surface area contributed by atoms with Crippen LogP contribution in [0.3, 0.4) is 0 Å². The Kier molecular flexibility index (Phi) is 4.39. The number of hydrogen-bond donors (Lipinski definition) is 1. The van der Waals surface area contributed by atoms with Gasteiger partial charge in [-0.2, -0.15) is 0 Å². The lowest BCUT2D eigenvalue weighted by molar-refractivity contribution is 0.0520. The van der Waals surface area contributed by atoms with E-state index in [-0.39, 0.29) is 15.7 Å².